The highest BCUT2D eigenvalue weighted by Gasteiger charge is 2.33. The van der Waals surface area contributed by atoms with Gasteiger partial charge in [-0.2, -0.15) is 0 Å². The molecule has 5 heteroatoms. The molecule has 0 amide bonds. The van der Waals surface area contributed by atoms with Crippen molar-refractivity contribution in [2.75, 3.05) is 46.0 Å². The number of nitrogens with one attached hydrogen (secondary N) is 1. The van der Waals surface area contributed by atoms with Crippen molar-refractivity contribution in [3.05, 3.63) is 0 Å². The third-order valence-corrected chi connectivity index (χ3v) is 3.96. The molecule has 0 radical (unpaired) electrons. The SMILES string of the molecule is CCCNC(C)(CCCN1CCCOCC1)C(=O)OCC. The molecule has 21 heavy (non-hydrogen) atoms. The zero-order valence-electron chi connectivity index (χ0n) is 14.0. The summed E-state index contributed by atoms with van der Waals surface area (Å²) >= 11 is 0. The van der Waals surface area contributed by atoms with Crippen molar-refractivity contribution in [2.24, 2.45) is 0 Å². The van der Waals surface area contributed by atoms with Crippen LogP contribution in [-0.2, 0) is 14.3 Å². The highest BCUT2D eigenvalue weighted by atomic mass is 16.5. The smallest absolute Gasteiger partial charge is 0.326 e. The summed E-state index contributed by atoms with van der Waals surface area (Å²) < 4.78 is 10.7. The Morgan fingerprint density at radius 1 is 1.33 bits per heavy atom. The average molecular weight is 300 g/mol. The van der Waals surface area contributed by atoms with Gasteiger partial charge in [-0.1, -0.05) is 6.92 Å². The van der Waals surface area contributed by atoms with Crippen molar-refractivity contribution in [1.29, 1.82) is 0 Å². The summed E-state index contributed by atoms with van der Waals surface area (Å²) in [4.78, 5) is 14.6. The predicted octanol–water partition coefficient (Wildman–Crippen LogP) is 1.81. The van der Waals surface area contributed by atoms with E-state index in [4.69, 9.17) is 9.47 Å². The van der Waals surface area contributed by atoms with Crippen molar-refractivity contribution in [2.45, 2.75) is 52.0 Å². The Hall–Kier alpha value is -0.650. The number of carbonyl (C=O) groups is 1. The van der Waals surface area contributed by atoms with E-state index in [2.05, 4.69) is 17.1 Å². The van der Waals surface area contributed by atoms with Crippen LogP contribution in [0.4, 0.5) is 0 Å². The molecule has 1 atom stereocenters. The summed E-state index contributed by atoms with van der Waals surface area (Å²) in [6.45, 7) is 12.0. The van der Waals surface area contributed by atoms with E-state index in [9.17, 15) is 4.79 Å². The summed E-state index contributed by atoms with van der Waals surface area (Å²) in [5, 5.41) is 3.36. The predicted molar refractivity (Wildman–Crippen MR) is 84.4 cm³/mol. The first kappa shape index (κ1) is 18.4. The fourth-order valence-corrected chi connectivity index (χ4v) is 2.63. The van der Waals surface area contributed by atoms with Crippen molar-refractivity contribution >= 4 is 5.97 Å². The first-order valence-corrected chi connectivity index (χ1v) is 8.34. The second kappa shape index (κ2) is 10.1. The largest absolute Gasteiger partial charge is 0.465 e. The molecule has 1 fully saturated rings. The Kier molecular flexibility index (Phi) is 8.88. The van der Waals surface area contributed by atoms with Gasteiger partial charge in [-0.15, -0.1) is 0 Å². The molecule has 0 aromatic carbocycles. The van der Waals surface area contributed by atoms with E-state index < -0.39 is 5.54 Å². The van der Waals surface area contributed by atoms with Crippen LogP contribution < -0.4 is 5.32 Å². The van der Waals surface area contributed by atoms with Gasteiger partial charge in [-0.3, -0.25) is 4.79 Å². The monoisotopic (exact) mass is 300 g/mol. The Labute approximate surface area is 129 Å². The van der Waals surface area contributed by atoms with Gasteiger partial charge in [0.15, 0.2) is 0 Å². The molecule has 0 aromatic heterocycles. The Balaban J connectivity index is 2.42. The summed E-state index contributed by atoms with van der Waals surface area (Å²) in [7, 11) is 0. The van der Waals surface area contributed by atoms with Gasteiger partial charge in [-0.05, 0) is 52.6 Å². The van der Waals surface area contributed by atoms with E-state index in [1.165, 1.54) is 0 Å². The second-order valence-electron chi connectivity index (χ2n) is 5.89. The molecule has 0 saturated carbocycles. The average Bonchev–Trinajstić information content (AvgIpc) is 2.74. The van der Waals surface area contributed by atoms with Gasteiger partial charge in [0.1, 0.15) is 5.54 Å². The van der Waals surface area contributed by atoms with Gasteiger partial charge in [0.05, 0.1) is 13.2 Å². The molecule has 0 aliphatic carbocycles. The molecule has 1 saturated heterocycles. The molecule has 1 N–H and O–H groups in total. The summed E-state index contributed by atoms with van der Waals surface area (Å²) in [6.07, 6.45) is 3.91. The Bertz CT molecular complexity index is 291. The molecule has 0 spiro atoms. The maximum absolute atomic E-state index is 12.2. The zero-order valence-corrected chi connectivity index (χ0v) is 14.0. The molecule has 1 rings (SSSR count). The van der Waals surface area contributed by atoms with Crippen molar-refractivity contribution < 1.29 is 14.3 Å². The molecule has 1 unspecified atom stereocenters. The fourth-order valence-electron chi connectivity index (χ4n) is 2.63. The third-order valence-electron chi connectivity index (χ3n) is 3.96. The lowest BCUT2D eigenvalue weighted by Gasteiger charge is -2.29. The van der Waals surface area contributed by atoms with Gasteiger partial charge in [0.2, 0.25) is 0 Å². The topological polar surface area (TPSA) is 50.8 Å². The minimum absolute atomic E-state index is 0.127. The number of rotatable bonds is 9. The zero-order chi connectivity index (χ0) is 15.6. The van der Waals surface area contributed by atoms with Crippen LogP contribution in [0.2, 0.25) is 0 Å². The van der Waals surface area contributed by atoms with E-state index in [0.29, 0.717) is 6.61 Å². The number of carbonyl (C=O) groups excluding carboxylic acids is 1. The standard InChI is InChI=1S/C16H32N2O3/c1-4-9-17-16(3,15(19)21-5-2)8-6-10-18-11-7-13-20-14-12-18/h17H,4-14H2,1-3H3. The lowest BCUT2D eigenvalue weighted by atomic mass is 9.95. The van der Waals surface area contributed by atoms with Gasteiger partial charge in [-0.25, -0.2) is 0 Å². The molecule has 0 bridgehead atoms. The van der Waals surface area contributed by atoms with Crippen molar-refractivity contribution in [1.82, 2.24) is 10.2 Å². The van der Waals surface area contributed by atoms with Crippen LogP contribution in [0.5, 0.6) is 0 Å². The quantitative estimate of drug-likeness (QED) is 0.658. The Morgan fingerprint density at radius 3 is 2.86 bits per heavy atom. The van der Waals surface area contributed by atoms with E-state index in [0.717, 1.165) is 65.1 Å². The summed E-state index contributed by atoms with van der Waals surface area (Å²) in [6, 6.07) is 0. The molecule has 1 heterocycles. The first-order valence-electron chi connectivity index (χ1n) is 8.34. The van der Waals surface area contributed by atoms with Gasteiger partial charge >= 0.3 is 5.97 Å². The van der Waals surface area contributed by atoms with Crippen LogP contribution >= 0.6 is 0 Å². The maximum Gasteiger partial charge on any atom is 0.326 e. The molecule has 0 aromatic rings. The lowest BCUT2D eigenvalue weighted by molar-refractivity contribution is -0.150. The normalized spacial score (nSPS) is 19.8. The van der Waals surface area contributed by atoms with Crippen LogP contribution in [0.1, 0.15) is 46.5 Å². The minimum atomic E-state index is -0.561. The summed E-state index contributed by atoms with van der Waals surface area (Å²) in [5.41, 5.74) is -0.561. The molecular formula is C16H32N2O3. The number of esters is 1. The van der Waals surface area contributed by atoms with Crippen LogP contribution in [0.25, 0.3) is 0 Å². The number of hydrogen-bond donors (Lipinski definition) is 1. The number of hydrogen-bond acceptors (Lipinski definition) is 5. The van der Waals surface area contributed by atoms with Crippen LogP contribution in [0, 0.1) is 0 Å². The highest BCUT2D eigenvalue weighted by molar-refractivity contribution is 5.80. The molecule has 1 aliphatic heterocycles. The van der Waals surface area contributed by atoms with E-state index in [1.54, 1.807) is 0 Å². The number of ether oxygens (including phenoxy) is 2. The van der Waals surface area contributed by atoms with E-state index in [1.807, 2.05) is 13.8 Å². The van der Waals surface area contributed by atoms with E-state index in [-0.39, 0.29) is 5.97 Å². The van der Waals surface area contributed by atoms with Gasteiger partial charge in [0, 0.05) is 19.7 Å². The molecule has 124 valence electrons. The fraction of sp³-hybridized carbons (Fsp3) is 0.938. The van der Waals surface area contributed by atoms with Crippen molar-refractivity contribution in [3.63, 3.8) is 0 Å². The van der Waals surface area contributed by atoms with Crippen LogP contribution in [-0.4, -0.2) is 62.4 Å². The van der Waals surface area contributed by atoms with Crippen LogP contribution in [0.15, 0.2) is 0 Å². The Morgan fingerprint density at radius 2 is 2.14 bits per heavy atom. The second-order valence-corrected chi connectivity index (χ2v) is 5.89. The lowest BCUT2D eigenvalue weighted by Crippen LogP contribution is -2.51. The minimum Gasteiger partial charge on any atom is -0.465 e. The third kappa shape index (κ3) is 6.76. The first-order chi connectivity index (χ1) is 10.1. The molecule has 5 nitrogen and oxygen atoms in total. The number of nitrogens with zero attached hydrogens (tertiary/aromatic N) is 1. The summed E-state index contributed by atoms with van der Waals surface area (Å²) in [5.74, 6) is -0.127. The molecule has 1 aliphatic rings. The van der Waals surface area contributed by atoms with Crippen LogP contribution in [0.3, 0.4) is 0 Å². The molecular weight excluding hydrogens is 268 g/mol. The maximum atomic E-state index is 12.2. The van der Waals surface area contributed by atoms with Crippen molar-refractivity contribution in [3.8, 4) is 0 Å². The van der Waals surface area contributed by atoms with Gasteiger partial charge < -0.3 is 19.7 Å². The van der Waals surface area contributed by atoms with Gasteiger partial charge in [0.25, 0.3) is 0 Å². The van der Waals surface area contributed by atoms with E-state index >= 15 is 0 Å². The highest BCUT2D eigenvalue weighted by Crippen LogP contribution is 2.16.